The first-order valence-corrected chi connectivity index (χ1v) is 8.29. The molecule has 0 aliphatic heterocycles. The maximum atomic E-state index is 12.3. The molecule has 0 atom stereocenters. The number of methoxy groups -OCH3 is 1. The average molecular weight is 371 g/mol. The Labute approximate surface area is 157 Å². The van der Waals surface area contributed by atoms with Gasteiger partial charge in [0.1, 0.15) is 11.5 Å². The van der Waals surface area contributed by atoms with Gasteiger partial charge in [0.05, 0.1) is 7.11 Å². The average Bonchev–Trinajstić information content (AvgIpc) is 2.70. The number of ether oxygens (including phenoxy) is 2. The number of carboxylic acids is 1. The minimum Gasteiger partial charge on any atom is -0.497 e. The molecule has 7 heteroatoms. The first-order chi connectivity index (χ1) is 12.9. The zero-order chi connectivity index (χ0) is 19.8. The highest BCUT2D eigenvalue weighted by atomic mass is 16.5. The zero-order valence-corrected chi connectivity index (χ0v) is 15.2. The molecule has 7 nitrogen and oxygen atoms in total. The summed E-state index contributed by atoms with van der Waals surface area (Å²) in [6.45, 7) is -0.429. The summed E-state index contributed by atoms with van der Waals surface area (Å²) in [7, 11) is 3.17. The van der Waals surface area contributed by atoms with Crippen molar-refractivity contribution in [3.05, 3.63) is 54.1 Å². The lowest BCUT2D eigenvalue weighted by atomic mass is 10.1. The molecule has 0 radical (unpaired) electrons. The largest absolute Gasteiger partial charge is 0.497 e. The Balaban J connectivity index is 1.88. The summed E-state index contributed by atoms with van der Waals surface area (Å²) in [4.78, 5) is 36.5. The van der Waals surface area contributed by atoms with Crippen molar-refractivity contribution < 1.29 is 29.0 Å². The van der Waals surface area contributed by atoms with Gasteiger partial charge in [-0.3, -0.25) is 9.59 Å². The van der Waals surface area contributed by atoms with Crippen molar-refractivity contribution in [1.29, 1.82) is 0 Å². The van der Waals surface area contributed by atoms with Crippen LogP contribution < -0.4 is 14.4 Å². The summed E-state index contributed by atoms with van der Waals surface area (Å²) in [5.74, 6) is -0.310. The van der Waals surface area contributed by atoms with Gasteiger partial charge in [-0.25, -0.2) is 4.79 Å². The van der Waals surface area contributed by atoms with Crippen molar-refractivity contribution in [2.75, 3.05) is 25.7 Å². The summed E-state index contributed by atoms with van der Waals surface area (Å²) < 4.78 is 10.1. The maximum absolute atomic E-state index is 12.3. The Morgan fingerprint density at radius 3 is 2.07 bits per heavy atom. The lowest BCUT2D eigenvalue weighted by molar-refractivity contribution is -0.139. The number of aliphatic carboxylic acids is 1. The molecule has 27 heavy (non-hydrogen) atoms. The molecule has 142 valence electrons. The Bertz CT molecular complexity index is 798. The lowest BCUT2D eigenvalue weighted by Crippen LogP contribution is -2.26. The predicted octanol–water partition coefficient (Wildman–Crippen LogP) is 2.78. The van der Waals surface area contributed by atoms with E-state index in [0.717, 1.165) is 0 Å². The lowest BCUT2D eigenvalue weighted by Gasteiger charge is -2.17. The van der Waals surface area contributed by atoms with Crippen LogP contribution >= 0.6 is 0 Å². The number of amides is 1. The molecule has 0 heterocycles. The number of carbonyl (C=O) groups is 3. The van der Waals surface area contributed by atoms with E-state index in [4.69, 9.17) is 14.6 Å². The van der Waals surface area contributed by atoms with Crippen LogP contribution in [0.3, 0.4) is 0 Å². The smallest absolute Gasteiger partial charge is 0.341 e. The second-order valence-corrected chi connectivity index (χ2v) is 5.78. The summed E-state index contributed by atoms with van der Waals surface area (Å²) in [5.41, 5.74) is 1.16. The SMILES string of the molecule is COc1ccc(C(=O)CCC(=O)N(C)c2ccc(OCC(=O)O)cc2)cc1. The number of anilines is 1. The Morgan fingerprint density at radius 1 is 0.926 bits per heavy atom. The van der Waals surface area contributed by atoms with Crippen LogP contribution in [-0.4, -0.2) is 43.5 Å². The van der Waals surface area contributed by atoms with E-state index >= 15 is 0 Å². The van der Waals surface area contributed by atoms with Gasteiger partial charge in [0.2, 0.25) is 5.91 Å². The fraction of sp³-hybridized carbons (Fsp3) is 0.250. The van der Waals surface area contributed by atoms with Crippen LogP contribution in [0.25, 0.3) is 0 Å². The predicted molar refractivity (Wildman–Crippen MR) is 99.5 cm³/mol. The first kappa shape index (κ1) is 20.0. The fourth-order valence-electron chi connectivity index (χ4n) is 2.36. The van der Waals surface area contributed by atoms with Crippen molar-refractivity contribution in [3.8, 4) is 11.5 Å². The molecule has 0 unspecified atom stereocenters. The van der Waals surface area contributed by atoms with E-state index in [-0.39, 0.29) is 24.5 Å². The van der Waals surface area contributed by atoms with Gasteiger partial charge in [-0.2, -0.15) is 0 Å². The number of benzene rings is 2. The molecule has 1 amide bonds. The molecular weight excluding hydrogens is 350 g/mol. The van der Waals surface area contributed by atoms with Crippen LogP contribution in [0.1, 0.15) is 23.2 Å². The summed E-state index contributed by atoms with van der Waals surface area (Å²) >= 11 is 0. The van der Waals surface area contributed by atoms with E-state index < -0.39 is 12.6 Å². The number of nitrogens with zero attached hydrogens (tertiary/aromatic N) is 1. The Kier molecular flexibility index (Phi) is 6.93. The summed E-state index contributed by atoms with van der Waals surface area (Å²) in [5, 5.41) is 8.59. The molecule has 1 N–H and O–H groups in total. The van der Waals surface area contributed by atoms with Crippen LogP contribution in [0.4, 0.5) is 5.69 Å². The third kappa shape index (κ3) is 5.85. The van der Waals surface area contributed by atoms with Crippen molar-refractivity contribution in [1.82, 2.24) is 0 Å². The number of carboxylic acid groups (broad SMARTS) is 1. The molecule has 0 aromatic heterocycles. The fourth-order valence-corrected chi connectivity index (χ4v) is 2.36. The second-order valence-electron chi connectivity index (χ2n) is 5.78. The first-order valence-electron chi connectivity index (χ1n) is 8.29. The van der Waals surface area contributed by atoms with Gasteiger partial charge in [0, 0.05) is 31.1 Å². The number of carbonyl (C=O) groups excluding carboxylic acids is 2. The van der Waals surface area contributed by atoms with Crippen LogP contribution in [0, 0.1) is 0 Å². The van der Waals surface area contributed by atoms with Crippen LogP contribution in [-0.2, 0) is 9.59 Å². The number of ketones is 1. The normalized spacial score (nSPS) is 10.1. The van der Waals surface area contributed by atoms with Crippen molar-refractivity contribution in [3.63, 3.8) is 0 Å². The molecule has 0 saturated carbocycles. The Morgan fingerprint density at radius 2 is 1.52 bits per heavy atom. The molecule has 0 fully saturated rings. The minimum atomic E-state index is -1.06. The second kappa shape index (κ2) is 9.38. The van der Waals surface area contributed by atoms with Gasteiger partial charge in [-0.15, -0.1) is 0 Å². The third-order valence-electron chi connectivity index (χ3n) is 3.94. The van der Waals surface area contributed by atoms with E-state index in [1.54, 1.807) is 62.7 Å². The third-order valence-corrected chi connectivity index (χ3v) is 3.94. The van der Waals surface area contributed by atoms with Crippen LogP contribution in [0.5, 0.6) is 11.5 Å². The molecule has 2 aromatic rings. The van der Waals surface area contributed by atoms with E-state index in [0.29, 0.717) is 22.7 Å². The van der Waals surface area contributed by atoms with E-state index in [1.165, 1.54) is 4.90 Å². The van der Waals surface area contributed by atoms with Gasteiger partial charge < -0.3 is 19.5 Å². The molecule has 2 aromatic carbocycles. The highest BCUT2D eigenvalue weighted by molar-refractivity contribution is 6.00. The number of rotatable bonds is 9. The van der Waals surface area contributed by atoms with Gasteiger partial charge in [0.15, 0.2) is 12.4 Å². The standard InChI is InChI=1S/C20H21NO6/c1-21(15-5-9-17(10-6-15)27-13-20(24)25)19(23)12-11-18(22)14-3-7-16(26-2)8-4-14/h3-10H,11-13H2,1-2H3,(H,24,25). The molecule has 0 aliphatic rings. The van der Waals surface area contributed by atoms with Gasteiger partial charge in [0.25, 0.3) is 0 Å². The van der Waals surface area contributed by atoms with Crippen LogP contribution in [0.2, 0.25) is 0 Å². The topological polar surface area (TPSA) is 93.1 Å². The van der Waals surface area contributed by atoms with Gasteiger partial charge in [-0.05, 0) is 48.5 Å². The van der Waals surface area contributed by atoms with E-state index in [2.05, 4.69) is 0 Å². The highest BCUT2D eigenvalue weighted by Gasteiger charge is 2.14. The highest BCUT2D eigenvalue weighted by Crippen LogP contribution is 2.20. The molecule has 0 saturated heterocycles. The number of hydrogen-bond donors (Lipinski definition) is 1. The number of Topliss-reactive ketones (excluding diaryl/α,β-unsaturated/α-hetero) is 1. The van der Waals surface area contributed by atoms with E-state index in [9.17, 15) is 14.4 Å². The quantitative estimate of drug-likeness (QED) is 0.682. The summed E-state index contributed by atoms with van der Waals surface area (Å²) in [6, 6.07) is 13.2. The Hall–Kier alpha value is -3.35. The molecule has 0 spiro atoms. The maximum Gasteiger partial charge on any atom is 0.341 e. The van der Waals surface area contributed by atoms with Crippen LogP contribution in [0.15, 0.2) is 48.5 Å². The van der Waals surface area contributed by atoms with Gasteiger partial charge in [-0.1, -0.05) is 0 Å². The number of hydrogen-bond acceptors (Lipinski definition) is 5. The van der Waals surface area contributed by atoms with Crippen molar-refractivity contribution >= 4 is 23.3 Å². The molecule has 2 rings (SSSR count). The summed E-state index contributed by atoms with van der Waals surface area (Å²) in [6.07, 6.45) is 0.188. The minimum absolute atomic E-state index is 0.0820. The zero-order valence-electron chi connectivity index (χ0n) is 15.2. The van der Waals surface area contributed by atoms with Crippen molar-refractivity contribution in [2.24, 2.45) is 0 Å². The molecular formula is C20H21NO6. The monoisotopic (exact) mass is 371 g/mol. The van der Waals surface area contributed by atoms with Gasteiger partial charge >= 0.3 is 5.97 Å². The van der Waals surface area contributed by atoms with E-state index in [1.807, 2.05) is 0 Å². The van der Waals surface area contributed by atoms with Crippen molar-refractivity contribution in [2.45, 2.75) is 12.8 Å². The molecule has 0 bridgehead atoms. The molecule has 0 aliphatic carbocycles.